The molecule has 8 nitrogen and oxygen atoms in total. The summed E-state index contributed by atoms with van der Waals surface area (Å²) in [5, 5.41) is 15.7. The molecule has 0 saturated carbocycles. The number of ether oxygens (including phenoxy) is 1. The number of non-ortho nitro benzene ring substituents is 1. The van der Waals surface area contributed by atoms with Gasteiger partial charge in [0.2, 0.25) is 0 Å². The first-order chi connectivity index (χ1) is 13.0. The summed E-state index contributed by atoms with van der Waals surface area (Å²) in [6, 6.07) is 7.44. The summed E-state index contributed by atoms with van der Waals surface area (Å²) in [6.07, 6.45) is -0.731. The maximum atomic E-state index is 14.1. The molecule has 0 heterocycles. The lowest BCUT2D eigenvalue weighted by molar-refractivity contribution is -0.384. The van der Waals surface area contributed by atoms with Gasteiger partial charge >= 0.3 is 6.09 Å². The van der Waals surface area contributed by atoms with Crippen LogP contribution in [-0.2, 0) is 4.74 Å². The maximum Gasteiger partial charge on any atom is 0.412 e. The van der Waals surface area contributed by atoms with E-state index in [2.05, 4.69) is 10.6 Å². The average Bonchev–Trinajstić information content (AvgIpc) is 2.56. The van der Waals surface area contributed by atoms with Crippen molar-refractivity contribution in [2.24, 2.45) is 0 Å². The Kier molecular flexibility index (Phi) is 5.97. The molecule has 0 aliphatic carbocycles. The second kappa shape index (κ2) is 8.03. The van der Waals surface area contributed by atoms with Gasteiger partial charge in [-0.05, 0) is 51.5 Å². The molecular weight excluding hydrogens is 369 g/mol. The maximum absolute atomic E-state index is 14.1. The van der Waals surface area contributed by atoms with Crippen LogP contribution in [0.25, 0.3) is 0 Å². The fraction of sp³-hybridized carbons (Fsp3) is 0.263. The van der Waals surface area contributed by atoms with Gasteiger partial charge in [0, 0.05) is 23.4 Å². The number of hydrogen-bond donors (Lipinski definition) is 2. The molecule has 148 valence electrons. The second-order valence-corrected chi connectivity index (χ2v) is 7.03. The van der Waals surface area contributed by atoms with Crippen LogP contribution in [0.2, 0.25) is 0 Å². The Morgan fingerprint density at radius 3 is 2.39 bits per heavy atom. The van der Waals surface area contributed by atoms with Crippen molar-refractivity contribution >= 4 is 29.1 Å². The predicted molar refractivity (Wildman–Crippen MR) is 102 cm³/mol. The number of nitro groups is 1. The Balaban J connectivity index is 2.22. The van der Waals surface area contributed by atoms with Crippen LogP contribution in [0.15, 0.2) is 36.4 Å². The lowest BCUT2D eigenvalue weighted by atomic mass is 10.1. The zero-order valence-corrected chi connectivity index (χ0v) is 15.8. The second-order valence-electron chi connectivity index (χ2n) is 7.03. The summed E-state index contributed by atoms with van der Waals surface area (Å²) in [6.45, 7) is 6.70. The molecular formula is C19H20FN3O5. The van der Waals surface area contributed by atoms with Gasteiger partial charge in [0.15, 0.2) is 0 Å². The number of hydrogen-bond acceptors (Lipinski definition) is 5. The molecule has 2 amide bonds. The van der Waals surface area contributed by atoms with Gasteiger partial charge in [-0.15, -0.1) is 0 Å². The average molecular weight is 389 g/mol. The lowest BCUT2D eigenvalue weighted by Gasteiger charge is -2.20. The number of carbonyl (C=O) groups excluding carboxylic acids is 2. The molecule has 0 spiro atoms. The van der Waals surface area contributed by atoms with E-state index in [1.807, 2.05) is 0 Å². The van der Waals surface area contributed by atoms with Crippen LogP contribution >= 0.6 is 0 Å². The molecule has 2 N–H and O–H groups in total. The Hall–Kier alpha value is -3.49. The van der Waals surface area contributed by atoms with Crippen LogP contribution in [0.3, 0.4) is 0 Å². The van der Waals surface area contributed by atoms with Gasteiger partial charge < -0.3 is 10.1 Å². The number of anilines is 2. The minimum absolute atomic E-state index is 0.0408. The number of amides is 2. The zero-order chi connectivity index (χ0) is 21.1. The summed E-state index contributed by atoms with van der Waals surface area (Å²) in [5.74, 6) is -1.44. The van der Waals surface area contributed by atoms with E-state index in [1.165, 1.54) is 24.3 Å². The van der Waals surface area contributed by atoms with E-state index in [0.717, 1.165) is 12.1 Å². The SMILES string of the molecule is Cc1ccc([N+](=O)[O-])cc1C(=O)Nc1cc(NC(=O)OC(C)(C)C)ccc1F. The Labute approximate surface area is 160 Å². The van der Waals surface area contributed by atoms with Crippen LogP contribution in [-0.4, -0.2) is 22.5 Å². The van der Waals surface area contributed by atoms with Gasteiger partial charge in [-0.1, -0.05) is 6.07 Å². The summed E-state index contributed by atoms with van der Waals surface area (Å²) in [5.41, 5.74) is -0.408. The van der Waals surface area contributed by atoms with E-state index in [-0.39, 0.29) is 22.6 Å². The first kappa shape index (κ1) is 20.8. The third-order valence-corrected chi connectivity index (χ3v) is 3.54. The number of nitrogens with zero attached hydrogens (tertiary/aromatic N) is 1. The largest absolute Gasteiger partial charge is 0.444 e. The fourth-order valence-corrected chi connectivity index (χ4v) is 2.28. The van der Waals surface area contributed by atoms with Gasteiger partial charge in [0.1, 0.15) is 11.4 Å². The lowest BCUT2D eigenvalue weighted by Crippen LogP contribution is -2.27. The molecule has 9 heteroatoms. The molecule has 0 saturated heterocycles. The van der Waals surface area contributed by atoms with E-state index < -0.39 is 28.3 Å². The number of aryl methyl sites for hydroxylation is 1. The molecule has 0 unspecified atom stereocenters. The minimum atomic E-state index is -0.731. The molecule has 0 bridgehead atoms. The van der Waals surface area contributed by atoms with Crippen molar-refractivity contribution in [3.05, 3.63) is 63.5 Å². The van der Waals surface area contributed by atoms with E-state index in [1.54, 1.807) is 27.7 Å². The molecule has 0 fully saturated rings. The van der Waals surface area contributed by atoms with Crippen LogP contribution in [0, 0.1) is 22.9 Å². The predicted octanol–water partition coefficient (Wildman–Crippen LogP) is 4.64. The van der Waals surface area contributed by atoms with Gasteiger partial charge in [0.05, 0.1) is 10.6 Å². The molecule has 2 aromatic carbocycles. The normalized spacial score (nSPS) is 10.9. The third kappa shape index (κ3) is 5.50. The molecule has 0 aliphatic rings. The van der Waals surface area contributed by atoms with Gasteiger partial charge in [-0.2, -0.15) is 0 Å². The molecule has 28 heavy (non-hydrogen) atoms. The summed E-state index contributed by atoms with van der Waals surface area (Å²) < 4.78 is 19.2. The number of halogens is 1. The highest BCUT2D eigenvalue weighted by Crippen LogP contribution is 2.23. The van der Waals surface area contributed by atoms with E-state index >= 15 is 0 Å². The Morgan fingerprint density at radius 2 is 1.79 bits per heavy atom. The van der Waals surface area contributed by atoms with Gasteiger partial charge in [0.25, 0.3) is 11.6 Å². The highest BCUT2D eigenvalue weighted by Gasteiger charge is 2.18. The van der Waals surface area contributed by atoms with Crippen LogP contribution in [0.4, 0.5) is 26.2 Å². The summed E-state index contributed by atoms with van der Waals surface area (Å²) >= 11 is 0. The monoisotopic (exact) mass is 389 g/mol. The van der Waals surface area contributed by atoms with Crippen molar-refractivity contribution in [1.82, 2.24) is 0 Å². The van der Waals surface area contributed by atoms with Crippen LogP contribution < -0.4 is 10.6 Å². The number of carbonyl (C=O) groups is 2. The summed E-state index contributed by atoms with van der Waals surface area (Å²) in [4.78, 5) is 34.6. The van der Waals surface area contributed by atoms with Crippen LogP contribution in [0.1, 0.15) is 36.7 Å². The summed E-state index contributed by atoms with van der Waals surface area (Å²) in [7, 11) is 0. The molecule has 0 aromatic heterocycles. The fourth-order valence-electron chi connectivity index (χ4n) is 2.28. The number of benzene rings is 2. The van der Waals surface area contributed by atoms with Gasteiger partial charge in [-0.25, -0.2) is 9.18 Å². The van der Waals surface area contributed by atoms with Crippen LogP contribution in [0.5, 0.6) is 0 Å². The highest BCUT2D eigenvalue weighted by atomic mass is 19.1. The smallest absolute Gasteiger partial charge is 0.412 e. The standard InChI is InChI=1S/C19H20FN3O5/c1-11-5-7-13(23(26)27)10-14(11)17(24)22-16-9-12(6-8-15(16)20)21-18(25)28-19(2,3)4/h5-10H,1-4H3,(H,21,25)(H,22,24). The van der Waals surface area contributed by atoms with E-state index in [4.69, 9.17) is 4.74 Å². The van der Waals surface area contributed by atoms with Crippen molar-refractivity contribution < 1.29 is 23.6 Å². The van der Waals surface area contributed by atoms with Crippen molar-refractivity contribution in [3.63, 3.8) is 0 Å². The molecule has 2 rings (SSSR count). The number of nitrogens with one attached hydrogen (secondary N) is 2. The minimum Gasteiger partial charge on any atom is -0.444 e. The third-order valence-electron chi connectivity index (χ3n) is 3.54. The highest BCUT2D eigenvalue weighted by molar-refractivity contribution is 6.06. The topological polar surface area (TPSA) is 111 Å². The van der Waals surface area contributed by atoms with Crippen molar-refractivity contribution in [3.8, 4) is 0 Å². The first-order valence-electron chi connectivity index (χ1n) is 8.32. The zero-order valence-electron chi connectivity index (χ0n) is 15.8. The van der Waals surface area contributed by atoms with Crippen molar-refractivity contribution in [2.75, 3.05) is 10.6 Å². The number of nitro benzene ring substituents is 1. The van der Waals surface area contributed by atoms with E-state index in [0.29, 0.717) is 5.56 Å². The molecule has 0 radical (unpaired) electrons. The Morgan fingerprint density at radius 1 is 1.11 bits per heavy atom. The first-order valence-corrected chi connectivity index (χ1v) is 8.32. The molecule has 0 aliphatic heterocycles. The molecule has 2 aromatic rings. The van der Waals surface area contributed by atoms with E-state index in [9.17, 15) is 24.1 Å². The Bertz CT molecular complexity index is 938. The van der Waals surface area contributed by atoms with Gasteiger partial charge in [-0.3, -0.25) is 20.2 Å². The number of rotatable bonds is 4. The quantitative estimate of drug-likeness (QED) is 0.584. The molecule has 0 atom stereocenters. The van der Waals surface area contributed by atoms with Crippen molar-refractivity contribution in [1.29, 1.82) is 0 Å². The van der Waals surface area contributed by atoms with Crippen molar-refractivity contribution in [2.45, 2.75) is 33.3 Å².